The lowest BCUT2D eigenvalue weighted by Crippen LogP contribution is -2.48. The molecular formula is C23H28ClN3O3S. The van der Waals surface area contributed by atoms with Gasteiger partial charge < -0.3 is 9.80 Å². The number of hydrogen-bond donors (Lipinski definition) is 0. The summed E-state index contributed by atoms with van der Waals surface area (Å²) < 4.78 is 26.5. The maximum atomic E-state index is 12.6. The molecule has 3 rings (SSSR count). The Bertz CT molecular complexity index is 1030. The molecule has 1 amide bonds. The molecule has 0 bridgehead atoms. The number of carbonyl (C=O) groups excluding carboxylic acids is 1. The maximum Gasteiger partial charge on any atom is 0.246 e. The van der Waals surface area contributed by atoms with Gasteiger partial charge in [-0.25, -0.2) is 8.42 Å². The third-order valence-electron chi connectivity index (χ3n) is 5.41. The highest BCUT2D eigenvalue weighted by atomic mass is 35.5. The van der Waals surface area contributed by atoms with Crippen LogP contribution in [0.15, 0.2) is 59.5 Å². The lowest BCUT2D eigenvalue weighted by atomic mass is 10.2. The minimum Gasteiger partial charge on any atom is -0.368 e. The van der Waals surface area contributed by atoms with Gasteiger partial charge in [0.25, 0.3) is 0 Å². The molecule has 1 aliphatic heterocycles. The Morgan fingerprint density at radius 1 is 1.03 bits per heavy atom. The Morgan fingerprint density at radius 3 is 2.26 bits per heavy atom. The van der Waals surface area contributed by atoms with Crippen molar-refractivity contribution in [3.8, 4) is 0 Å². The van der Waals surface area contributed by atoms with Crippen molar-refractivity contribution in [2.45, 2.75) is 18.7 Å². The molecule has 1 aliphatic rings. The van der Waals surface area contributed by atoms with E-state index in [1.54, 1.807) is 36.4 Å². The van der Waals surface area contributed by atoms with Gasteiger partial charge in [-0.1, -0.05) is 43.6 Å². The Labute approximate surface area is 189 Å². The van der Waals surface area contributed by atoms with Crippen molar-refractivity contribution in [1.29, 1.82) is 0 Å². The van der Waals surface area contributed by atoms with Crippen LogP contribution in [-0.4, -0.2) is 62.8 Å². The molecule has 2 aromatic carbocycles. The summed E-state index contributed by atoms with van der Waals surface area (Å²) >= 11 is 6.07. The standard InChI is InChI=1S/C23H28ClN3O3S/c1-3-27(4-2)31(29,30)22-11-8-19(9-12-22)10-13-23(28)26-16-14-25(15-17-26)21-7-5-6-20(24)18-21/h5-13,18H,3-4,14-17H2,1-2H3/b13-10+. The van der Waals surface area contributed by atoms with Crippen LogP contribution in [0.25, 0.3) is 6.08 Å². The Kier molecular flexibility index (Phi) is 7.75. The summed E-state index contributed by atoms with van der Waals surface area (Å²) in [6.45, 7) is 7.26. The van der Waals surface area contributed by atoms with E-state index < -0.39 is 10.0 Å². The van der Waals surface area contributed by atoms with Crippen molar-refractivity contribution >= 4 is 39.3 Å². The molecule has 6 nitrogen and oxygen atoms in total. The van der Waals surface area contributed by atoms with E-state index in [2.05, 4.69) is 4.90 Å². The second-order valence-corrected chi connectivity index (χ2v) is 9.66. The predicted octanol–water partition coefficient (Wildman–Crippen LogP) is 3.73. The number of hydrogen-bond acceptors (Lipinski definition) is 4. The Balaban J connectivity index is 1.58. The van der Waals surface area contributed by atoms with Crippen LogP contribution in [0.3, 0.4) is 0 Å². The second-order valence-electron chi connectivity index (χ2n) is 7.28. The molecule has 0 radical (unpaired) electrons. The average molecular weight is 462 g/mol. The van der Waals surface area contributed by atoms with Crippen LogP contribution in [-0.2, 0) is 14.8 Å². The van der Waals surface area contributed by atoms with E-state index in [1.165, 1.54) is 4.31 Å². The number of amides is 1. The second kappa shape index (κ2) is 10.3. The SMILES string of the molecule is CCN(CC)S(=O)(=O)c1ccc(/C=C/C(=O)N2CCN(c3cccc(Cl)c3)CC2)cc1. The molecule has 0 unspecified atom stereocenters. The smallest absolute Gasteiger partial charge is 0.246 e. The van der Waals surface area contributed by atoms with E-state index in [0.29, 0.717) is 31.2 Å². The zero-order chi connectivity index (χ0) is 22.4. The first-order valence-electron chi connectivity index (χ1n) is 10.4. The van der Waals surface area contributed by atoms with Crippen molar-refractivity contribution in [3.05, 3.63) is 65.2 Å². The van der Waals surface area contributed by atoms with Crippen LogP contribution in [0.1, 0.15) is 19.4 Å². The van der Waals surface area contributed by atoms with Crippen LogP contribution in [0.5, 0.6) is 0 Å². The number of carbonyl (C=O) groups is 1. The number of piperazine rings is 1. The van der Waals surface area contributed by atoms with E-state index in [0.717, 1.165) is 24.3 Å². The van der Waals surface area contributed by atoms with E-state index in [-0.39, 0.29) is 10.8 Å². The summed E-state index contributed by atoms with van der Waals surface area (Å²) in [7, 11) is -3.48. The van der Waals surface area contributed by atoms with Crippen molar-refractivity contribution in [3.63, 3.8) is 0 Å². The van der Waals surface area contributed by atoms with Crippen LogP contribution >= 0.6 is 11.6 Å². The van der Waals surface area contributed by atoms with Crippen LogP contribution < -0.4 is 4.90 Å². The van der Waals surface area contributed by atoms with Gasteiger partial charge in [0.15, 0.2) is 0 Å². The molecule has 0 saturated carbocycles. The highest BCUT2D eigenvalue weighted by Crippen LogP contribution is 2.21. The topological polar surface area (TPSA) is 60.9 Å². The first-order valence-corrected chi connectivity index (χ1v) is 12.2. The summed E-state index contributed by atoms with van der Waals surface area (Å²) in [6.07, 6.45) is 3.27. The summed E-state index contributed by atoms with van der Waals surface area (Å²) in [5.41, 5.74) is 1.85. The molecular weight excluding hydrogens is 434 g/mol. The van der Waals surface area contributed by atoms with E-state index in [9.17, 15) is 13.2 Å². The molecule has 0 atom stereocenters. The summed E-state index contributed by atoms with van der Waals surface area (Å²) in [4.78, 5) is 16.9. The van der Waals surface area contributed by atoms with Crippen molar-refractivity contribution in [2.24, 2.45) is 0 Å². The minimum absolute atomic E-state index is 0.0504. The minimum atomic E-state index is -3.48. The Morgan fingerprint density at radius 2 is 1.68 bits per heavy atom. The highest BCUT2D eigenvalue weighted by molar-refractivity contribution is 7.89. The fraction of sp³-hybridized carbons (Fsp3) is 0.348. The number of sulfonamides is 1. The largest absolute Gasteiger partial charge is 0.368 e. The van der Waals surface area contributed by atoms with E-state index >= 15 is 0 Å². The van der Waals surface area contributed by atoms with Gasteiger partial charge in [-0.15, -0.1) is 0 Å². The normalized spacial score (nSPS) is 15.1. The first-order chi connectivity index (χ1) is 14.8. The summed E-state index contributed by atoms with van der Waals surface area (Å²) in [6, 6.07) is 14.3. The quantitative estimate of drug-likeness (QED) is 0.589. The van der Waals surface area contributed by atoms with Crippen molar-refractivity contribution < 1.29 is 13.2 Å². The number of anilines is 1. The molecule has 1 saturated heterocycles. The summed E-state index contributed by atoms with van der Waals surface area (Å²) in [5.74, 6) is -0.0504. The molecule has 0 spiro atoms. The summed E-state index contributed by atoms with van der Waals surface area (Å²) in [5, 5.41) is 0.704. The predicted molar refractivity (Wildman–Crippen MR) is 126 cm³/mol. The van der Waals surface area contributed by atoms with Gasteiger partial charge >= 0.3 is 0 Å². The van der Waals surface area contributed by atoms with Gasteiger partial charge in [-0.2, -0.15) is 4.31 Å². The highest BCUT2D eigenvalue weighted by Gasteiger charge is 2.22. The molecule has 1 fully saturated rings. The fourth-order valence-corrected chi connectivity index (χ4v) is 5.24. The zero-order valence-corrected chi connectivity index (χ0v) is 19.4. The molecule has 0 aliphatic carbocycles. The molecule has 0 aromatic heterocycles. The molecule has 0 N–H and O–H groups in total. The number of halogens is 1. The lowest BCUT2D eigenvalue weighted by molar-refractivity contribution is -0.126. The molecule has 8 heteroatoms. The molecule has 1 heterocycles. The van der Waals surface area contributed by atoms with Gasteiger partial charge in [-0.05, 0) is 42.0 Å². The third kappa shape index (κ3) is 5.67. The monoisotopic (exact) mass is 461 g/mol. The lowest BCUT2D eigenvalue weighted by Gasteiger charge is -2.35. The number of rotatable bonds is 7. The van der Waals surface area contributed by atoms with Gasteiger partial charge in [0.2, 0.25) is 15.9 Å². The molecule has 2 aromatic rings. The van der Waals surface area contributed by atoms with Crippen LogP contribution in [0, 0.1) is 0 Å². The van der Waals surface area contributed by atoms with E-state index in [4.69, 9.17) is 11.6 Å². The molecule has 166 valence electrons. The van der Waals surface area contributed by atoms with Gasteiger partial charge in [0.1, 0.15) is 0 Å². The maximum absolute atomic E-state index is 12.6. The first kappa shape index (κ1) is 23.3. The number of benzene rings is 2. The Hall–Kier alpha value is -2.35. The number of nitrogens with zero attached hydrogens (tertiary/aromatic N) is 3. The van der Waals surface area contributed by atoms with Gasteiger partial charge in [-0.3, -0.25) is 4.79 Å². The fourth-order valence-electron chi connectivity index (χ4n) is 3.59. The van der Waals surface area contributed by atoms with Crippen molar-refractivity contribution in [1.82, 2.24) is 9.21 Å². The zero-order valence-electron chi connectivity index (χ0n) is 17.9. The van der Waals surface area contributed by atoms with Gasteiger partial charge in [0, 0.05) is 56.1 Å². The average Bonchev–Trinajstić information content (AvgIpc) is 2.78. The van der Waals surface area contributed by atoms with Crippen LogP contribution in [0.2, 0.25) is 5.02 Å². The van der Waals surface area contributed by atoms with Crippen LogP contribution in [0.4, 0.5) is 5.69 Å². The third-order valence-corrected chi connectivity index (χ3v) is 7.71. The van der Waals surface area contributed by atoms with E-state index in [1.807, 2.05) is 43.0 Å². The van der Waals surface area contributed by atoms with Crippen molar-refractivity contribution in [2.75, 3.05) is 44.2 Å². The van der Waals surface area contributed by atoms with Gasteiger partial charge in [0.05, 0.1) is 4.90 Å². The molecule has 31 heavy (non-hydrogen) atoms.